The van der Waals surface area contributed by atoms with E-state index in [1.807, 2.05) is 18.2 Å². The smallest absolute Gasteiger partial charge is 0.0721 e. The van der Waals surface area contributed by atoms with Crippen LogP contribution in [0.2, 0.25) is 10.0 Å². The molecule has 1 aliphatic heterocycles. The maximum Gasteiger partial charge on any atom is 0.0721 e. The molecule has 0 amide bonds. The number of nitrogens with zero attached hydrogens (tertiary/aromatic N) is 2. The van der Waals surface area contributed by atoms with Crippen LogP contribution in [0.1, 0.15) is 31.1 Å². The number of hydrogen-bond donors (Lipinski definition) is 1. The summed E-state index contributed by atoms with van der Waals surface area (Å²) in [6, 6.07) is 6.15. The number of hydrogen-bond acceptors (Lipinski definition) is 2. The lowest BCUT2D eigenvalue weighted by atomic mass is 10.0. The van der Waals surface area contributed by atoms with E-state index in [0.717, 1.165) is 31.5 Å². The lowest BCUT2D eigenvalue weighted by Gasteiger charge is -2.13. The first-order valence-corrected chi connectivity index (χ1v) is 8.10. The second kappa shape index (κ2) is 5.99. The fourth-order valence-corrected chi connectivity index (χ4v) is 3.15. The summed E-state index contributed by atoms with van der Waals surface area (Å²) in [6.07, 6.45) is 1.97. The van der Waals surface area contributed by atoms with Crippen molar-refractivity contribution in [3.63, 3.8) is 0 Å². The highest BCUT2D eigenvalue weighted by atomic mass is 35.5. The summed E-state index contributed by atoms with van der Waals surface area (Å²) < 4.78 is 2.12. The van der Waals surface area contributed by atoms with Crippen molar-refractivity contribution in [2.45, 2.75) is 32.7 Å². The van der Waals surface area contributed by atoms with Gasteiger partial charge in [-0.3, -0.25) is 4.68 Å². The van der Waals surface area contributed by atoms with Crippen molar-refractivity contribution in [2.75, 3.05) is 13.1 Å². The minimum absolute atomic E-state index is 0.314. The van der Waals surface area contributed by atoms with Crippen LogP contribution in [0.4, 0.5) is 0 Å². The molecule has 0 unspecified atom stereocenters. The Morgan fingerprint density at radius 1 is 1.14 bits per heavy atom. The molecule has 1 aromatic heterocycles. The van der Waals surface area contributed by atoms with Gasteiger partial charge in [-0.25, -0.2) is 0 Å². The van der Waals surface area contributed by atoms with Crippen molar-refractivity contribution in [1.82, 2.24) is 15.1 Å². The summed E-state index contributed by atoms with van der Waals surface area (Å²) in [7, 11) is 0. The van der Waals surface area contributed by atoms with Crippen LogP contribution in [-0.2, 0) is 12.8 Å². The molecule has 0 fully saturated rings. The monoisotopic (exact) mass is 323 g/mol. The Kier molecular flexibility index (Phi) is 4.25. The molecule has 3 nitrogen and oxygen atoms in total. The Labute approximate surface area is 135 Å². The number of aromatic nitrogens is 2. The molecule has 2 heterocycles. The molecule has 0 aliphatic carbocycles. The van der Waals surface area contributed by atoms with Gasteiger partial charge in [0.05, 0.1) is 21.4 Å². The lowest BCUT2D eigenvalue weighted by molar-refractivity contribution is 0.529. The summed E-state index contributed by atoms with van der Waals surface area (Å²) in [4.78, 5) is 0. The van der Waals surface area contributed by atoms with Gasteiger partial charge in [0, 0.05) is 30.1 Å². The van der Waals surface area contributed by atoms with Gasteiger partial charge in [-0.15, -0.1) is 0 Å². The predicted molar refractivity (Wildman–Crippen MR) is 88.3 cm³/mol. The third-order valence-electron chi connectivity index (χ3n) is 3.86. The summed E-state index contributed by atoms with van der Waals surface area (Å²) in [6.45, 7) is 6.30. The number of benzene rings is 1. The average Bonchev–Trinajstić information content (AvgIpc) is 2.66. The maximum absolute atomic E-state index is 6.20. The van der Waals surface area contributed by atoms with Gasteiger partial charge in [-0.05, 0) is 38.9 Å². The zero-order valence-corrected chi connectivity index (χ0v) is 13.8. The Bertz CT molecular complexity index is 662. The summed E-state index contributed by atoms with van der Waals surface area (Å²) in [5.74, 6) is 0. The highest BCUT2D eigenvalue weighted by Crippen LogP contribution is 2.34. The van der Waals surface area contributed by atoms with E-state index in [1.54, 1.807) is 0 Å². The van der Waals surface area contributed by atoms with Gasteiger partial charge >= 0.3 is 0 Å². The maximum atomic E-state index is 6.20. The number of halogens is 2. The summed E-state index contributed by atoms with van der Waals surface area (Å²) in [5.41, 5.74) is 4.82. The van der Waals surface area contributed by atoms with E-state index in [9.17, 15) is 0 Å². The minimum Gasteiger partial charge on any atom is -0.316 e. The molecular weight excluding hydrogens is 305 g/mol. The minimum atomic E-state index is 0.314. The fourth-order valence-electron chi connectivity index (χ4n) is 2.85. The zero-order valence-electron chi connectivity index (χ0n) is 12.3. The third kappa shape index (κ3) is 2.83. The van der Waals surface area contributed by atoms with Gasteiger partial charge < -0.3 is 5.32 Å². The lowest BCUT2D eigenvalue weighted by Crippen LogP contribution is -2.17. The van der Waals surface area contributed by atoms with E-state index in [1.165, 1.54) is 17.0 Å². The molecule has 21 heavy (non-hydrogen) atoms. The zero-order chi connectivity index (χ0) is 15.0. The van der Waals surface area contributed by atoms with Gasteiger partial charge in [-0.1, -0.05) is 29.3 Å². The van der Waals surface area contributed by atoms with Crippen molar-refractivity contribution in [2.24, 2.45) is 0 Å². The first kappa shape index (κ1) is 14.9. The summed E-state index contributed by atoms with van der Waals surface area (Å²) in [5, 5.41) is 9.45. The second-order valence-electron chi connectivity index (χ2n) is 5.69. The van der Waals surface area contributed by atoms with Crippen LogP contribution in [0.15, 0.2) is 18.2 Å². The molecule has 1 aromatic carbocycles. The molecule has 5 heteroatoms. The third-order valence-corrected chi connectivity index (χ3v) is 4.60. The molecular formula is C16H19Cl2N3. The van der Waals surface area contributed by atoms with Crippen molar-refractivity contribution >= 4 is 23.2 Å². The molecule has 0 saturated heterocycles. The van der Waals surface area contributed by atoms with E-state index in [-0.39, 0.29) is 0 Å². The average molecular weight is 324 g/mol. The molecule has 1 N–H and O–H groups in total. The summed E-state index contributed by atoms with van der Waals surface area (Å²) >= 11 is 12.3. The van der Waals surface area contributed by atoms with Crippen LogP contribution in [0.25, 0.3) is 11.3 Å². The van der Waals surface area contributed by atoms with Crippen LogP contribution >= 0.6 is 23.2 Å². The van der Waals surface area contributed by atoms with Crippen molar-refractivity contribution in [3.05, 3.63) is 39.5 Å². The van der Waals surface area contributed by atoms with Gasteiger partial charge in [0.1, 0.15) is 0 Å². The Balaban J connectivity index is 2.19. The normalized spacial score (nSPS) is 15.1. The van der Waals surface area contributed by atoms with E-state index in [2.05, 4.69) is 23.8 Å². The Morgan fingerprint density at radius 2 is 1.90 bits per heavy atom. The molecule has 1 aliphatic rings. The molecule has 0 saturated carbocycles. The van der Waals surface area contributed by atoms with E-state index >= 15 is 0 Å². The van der Waals surface area contributed by atoms with E-state index in [4.69, 9.17) is 28.3 Å². The van der Waals surface area contributed by atoms with Crippen molar-refractivity contribution < 1.29 is 0 Å². The van der Waals surface area contributed by atoms with Crippen LogP contribution < -0.4 is 5.32 Å². The van der Waals surface area contributed by atoms with Crippen LogP contribution in [0.3, 0.4) is 0 Å². The first-order valence-electron chi connectivity index (χ1n) is 7.34. The highest BCUT2D eigenvalue weighted by Gasteiger charge is 2.22. The molecule has 0 spiro atoms. The van der Waals surface area contributed by atoms with Gasteiger partial charge in [0.25, 0.3) is 0 Å². The van der Waals surface area contributed by atoms with Gasteiger partial charge in [0.15, 0.2) is 0 Å². The highest BCUT2D eigenvalue weighted by molar-refractivity contribution is 6.42. The number of nitrogens with one attached hydrogen (secondary N) is 1. The van der Waals surface area contributed by atoms with Crippen LogP contribution in [0, 0.1) is 0 Å². The van der Waals surface area contributed by atoms with Gasteiger partial charge in [-0.2, -0.15) is 5.10 Å². The fraction of sp³-hybridized carbons (Fsp3) is 0.438. The molecule has 0 atom stereocenters. The number of fused-ring (bicyclic) bond motifs is 1. The predicted octanol–water partition coefficient (Wildman–Crippen LogP) is 4.13. The first-order chi connectivity index (χ1) is 10.1. The topological polar surface area (TPSA) is 29.9 Å². The molecule has 3 rings (SSSR count). The standard InChI is InChI=1S/C16H19Cl2N3/c1-10(2)21-16(11-3-4-13(17)14(18)9-11)12-5-7-19-8-6-15(12)20-21/h3-4,9-10,19H,5-8H2,1-2H3. The Hall–Kier alpha value is -1.03. The molecule has 2 aromatic rings. The van der Waals surface area contributed by atoms with Crippen LogP contribution in [-0.4, -0.2) is 22.9 Å². The van der Waals surface area contributed by atoms with E-state index in [0.29, 0.717) is 16.1 Å². The largest absolute Gasteiger partial charge is 0.316 e. The molecule has 112 valence electrons. The molecule has 0 radical (unpaired) electrons. The van der Waals surface area contributed by atoms with Crippen molar-refractivity contribution in [1.29, 1.82) is 0 Å². The molecule has 0 bridgehead atoms. The number of rotatable bonds is 2. The Morgan fingerprint density at radius 3 is 2.62 bits per heavy atom. The quantitative estimate of drug-likeness (QED) is 0.900. The van der Waals surface area contributed by atoms with Gasteiger partial charge in [0.2, 0.25) is 0 Å². The van der Waals surface area contributed by atoms with E-state index < -0.39 is 0 Å². The SMILES string of the molecule is CC(C)n1nc2c(c1-c1ccc(Cl)c(Cl)c1)CCNCC2. The van der Waals surface area contributed by atoms with Crippen molar-refractivity contribution in [3.8, 4) is 11.3 Å². The van der Waals surface area contributed by atoms with Crippen LogP contribution in [0.5, 0.6) is 0 Å². The second-order valence-corrected chi connectivity index (χ2v) is 6.51.